The molecular formula is C15H15ClN2O3S2. The summed E-state index contributed by atoms with van der Waals surface area (Å²) in [6.45, 7) is 1.33. The highest BCUT2D eigenvalue weighted by Crippen LogP contribution is 2.21. The van der Waals surface area contributed by atoms with E-state index in [0.29, 0.717) is 23.7 Å². The molecule has 1 aliphatic heterocycles. The first kappa shape index (κ1) is 16.4. The number of amides is 1. The Morgan fingerprint density at radius 2 is 1.87 bits per heavy atom. The van der Waals surface area contributed by atoms with E-state index in [1.807, 2.05) is 5.38 Å². The Morgan fingerprint density at radius 3 is 2.48 bits per heavy atom. The molecule has 1 amide bonds. The van der Waals surface area contributed by atoms with Crippen LogP contribution in [0.1, 0.15) is 10.4 Å². The van der Waals surface area contributed by atoms with Crippen LogP contribution in [0.3, 0.4) is 0 Å². The summed E-state index contributed by atoms with van der Waals surface area (Å²) in [5.41, 5.74) is 0.654. The fourth-order valence-electron chi connectivity index (χ4n) is 2.48. The van der Waals surface area contributed by atoms with Gasteiger partial charge in [0.2, 0.25) is 10.0 Å². The highest BCUT2D eigenvalue weighted by atomic mass is 35.5. The average Bonchev–Trinajstić information content (AvgIpc) is 3.09. The maximum absolute atomic E-state index is 12.6. The number of hydrogen-bond donors (Lipinski definition) is 0. The van der Waals surface area contributed by atoms with E-state index < -0.39 is 10.0 Å². The second kappa shape index (κ2) is 6.60. The molecule has 1 saturated heterocycles. The minimum Gasteiger partial charge on any atom is -0.336 e. The summed E-state index contributed by atoms with van der Waals surface area (Å²) >= 11 is 7.35. The number of piperazine rings is 1. The van der Waals surface area contributed by atoms with Gasteiger partial charge in [0.05, 0.1) is 10.5 Å². The zero-order chi connectivity index (χ0) is 16.4. The van der Waals surface area contributed by atoms with Gasteiger partial charge in [-0.3, -0.25) is 4.79 Å². The quantitative estimate of drug-likeness (QED) is 0.834. The number of hydrogen-bond acceptors (Lipinski definition) is 4. The predicted octanol–water partition coefficient (Wildman–Crippen LogP) is 2.55. The van der Waals surface area contributed by atoms with Crippen molar-refractivity contribution in [3.63, 3.8) is 0 Å². The number of carbonyl (C=O) groups is 1. The maximum atomic E-state index is 12.6. The van der Waals surface area contributed by atoms with Gasteiger partial charge in [-0.05, 0) is 29.6 Å². The van der Waals surface area contributed by atoms with Gasteiger partial charge in [-0.2, -0.15) is 15.6 Å². The van der Waals surface area contributed by atoms with Crippen LogP contribution >= 0.6 is 22.9 Å². The van der Waals surface area contributed by atoms with Crippen molar-refractivity contribution in [1.29, 1.82) is 0 Å². The van der Waals surface area contributed by atoms with E-state index in [2.05, 4.69) is 0 Å². The molecule has 0 aliphatic carbocycles. The summed E-state index contributed by atoms with van der Waals surface area (Å²) in [5.74, 6) is -0.0500. The third-order valence-corrected chi connectivity index (χ3v) is 6.54. The largest absolute Gasteiger partial charge is 0.336 e. The van der Waals surface area contributed by atoms with Gasteiger partial charge in [0.1, 0.15) is 0 Å². The van der Waals surface area contributed by atoms with Crippen LogP contribution in [0.2, 0.25) is 5.02 Å². The number of nitrogens with zero attached hydrogens (tertiary/aromatic N) is 2. The predicted molar refractivity (Wildman–Crippen MR) is 90.4 cm³/mol. The summed E-state index contributed by atoms with van der Waals surface area (Å²) in [5, 5.41) is 4.04. The van der Waals surface area contributed by atoms with Crippen LogP contribution in [0.5, 0.6) is 0 Å². The highest BCUT2D eigenvalue weighted by molar-refractivity contribution is 7.89. The molecule has 0 spiro atoms. The lowest BCUT2D eigenvalue weighted by Crippen LogP contribution is -2.50. The van der Waals surface area contributed by atoms with Gasteiger partial charge in [0, 0.05) is 36.6 Å². The lowest BCUT2D eigenvalue weighted by Gasteiger charge is -2.33. The van der Waals surface area contributed by atoms with E-state index >= 15 is 0 Å². The van der Waals surface area contributed by atoms with Gasteiger partial charge in [-0.25, -0.2) is 8.42 Å². The minimum absolute atomic E-state index is 0.0500. The highest BCUT2D eigenvalue weighted by Gasteiger charge is 2.30. The summed E-state index contributed by atoms with van der Waals surface area (Å²) in [4.78, 5) is 14.1. The molecule has 122 valence electrons. The molecule has 23 heavy (non-hydrogen) atoms. The van der Waals surface area contributed by atoms with Gasteiger partial charge < -0.3 is 4.90 Å². The van der Waals surface area contributed by atoms with E-state index in [1.54, 1.807) is 28.5 Å². The maximum Gasteiger partial charge on any atom is 0.254 e. The third-order valence-electron chi connectivity index (χ3n) is 3.73. The number of rotatable bonds is 3. The van der Waals surface area contributed by atoms with Crippen LogP contribution in [-0.4, -0.2) is 49.7 Å². The smallest absolute Gasteiger partial charge is 0.254 e. The van der Waals surface area contributed by atoms with Crippen LogP contribution in [0.15, 0.2) is 46.0 Å². The Hall–Kier alpha value is -1.41. The fraction of sp³-hybridized carbons (Fsp3) is 0.267. The van der Waals surface area contributed by atoms with Crippen molar-refractivity contribution in [3.8, 4) is 0 Å². The number of thiophene rings is 1. The van der Waals surface area contributed by atoms with E-state index in [0.717, 1.165) is 0 Å². The van der Waals surface area contributed by atoms with E-state index in [1.165, 1.54) is 27.8 Å². The molecule has 1 aromatic carbocycles. The molecule has 0 saturated carbocycles. The first-order valence-corrected chi connectivity index (χ1v) is 9.82. The van der Waals surface area contributed by atoms with Gasteiger partial charge in [0.15, 0.2) is 0 Å². The normalized spacial score (nSPS) is 16.5. The number of halogens is 1. The second-order valence-corrected chi connectivity index (χ2v) is 8.32. The number of benzene rings is 1. The molecule has 0 N–H and O–H groups in total. The molecule has 1 aromatic heterocycles. The molecule has 5 nitrogen and oxygen atoms in total. The van der Waals surface area contributed by atoms with Gasteiger partial charge in [-0.15, -0.1) is 0 Å². The zero-order valence-corrected chi connectivity index (χ0v) is 14.6. The summed E-state index contributed by atoms with van der Waals surface area (Å²) in [6.07, 6.45) is 0. The summed E-state index contributed by atoms with van der Waals surface area (Å²) in [6, 6.07) is 8.01. The van der Waals surface area contributed by atoms with Crippen LogP contribution in [0.25, 0.3) is 0 Å². The zero-order valence-electron chi connectivity index (χ0n) is 12.2. The Labute approximate surface area is 144 Å². The molecule has 0 unspecified atom stereocenters. The molecule has 0 atom stereocenters. The molecule has 2 aromatic rings. The fourth-order valence-corrected chi connectivity index (χ4v) is 4.83. The minimum atomic E-state index is -3.57. The van der Waals surface area contributed by atoms with Crippen molar-refractivity contribution in [1.82, 2.24) is 9.21 Å². The Balaban J connectivity index is 1.70. The van der Waals surface area contributed by atoms with Crippen LogP contribution in [0, 0.1) is 0 Å². The number of sulfonamides is 1. The second-order valence-electron chi connectivity index (χ2n) is 5.17. The third kappa shape index (κ3) is 3.42. The van der Waals surface area contributed by atoms with E-state index in [-0.39, 0.29) is 23.9 Å². The molecule has 3 rings (SSSR count). The van der Waals surface area contributed by atoms with E-state index in [9.17, 15) is 13.2 Å². The van der Waals surface area contributed by atoms with Gasteiger partial charge >= 0.3 is 0 Å². The first-order valence-electron chi connectivity index (χ1n) is 7.06. The lowest BCUT2D eigenvalue weighted by molar-refractivity contribution is 0.0698. The summed E-state index contributed by atoms with van der Waals surface area (Å²) < 4.78 is 26.6. The first-order chi connectivity index (χ1) is 11.0. The van der Waals surface area contributed by atoms with Gasteiger partial charge in [0.25, 0.3) is 5.91 Å². The van der Waals surface area contributed by atoms with E-state index in [4.69, 9.17) is 11.6 Å². The summed E-state index contributed by atoms with van der Waals surface area (Å²) in [7, 11) is -3.57. The molecule has 0 radical (unpaired) electrons. The van der Waals surface area contributed by atoms with Crippen molar-refractivity contribution in [2.45, 2.75) is 4.90 Å². The molecule has 2 heterocycles. The van der Waals surface area contributed by atoms with Crippen LogP contribution < -0.4 is 0 Å². The van der Waals surface area contributed by atoms with Crippen LogP contribution in [0.4, 0.5) is 0 Å². The number of carbonyl (C=O) groups excluding carboxylic acids is 1. The SMILES string of the molecule is O=C(c1ccsc1)N1CCN(S(=O)(=O)c2cccc(Cl)c2)CC1. The molecule has 1 aliphatic rings. The van der Waals surface area contributed by atoms with Crippen molar-refractivity contribution in [2.75, 3.05) is 26.2 Å². The molecule has 8 heteroatoms. The topological polar surface area (TPSA) is 57.7 Å². The van der Waals surface area contributed by atoms with Crippen molar-refractivity contribution in [2.24, 2.45) is 0 Å². The van der Waals surface area contributed by atoms with Gasteiger partial charge in [-0.1, -0.05) is 17.7 Å². The molecule has 1 fully saturated rings. The molecule has 0 bridgehead atoms. The molecular weight excluding hydrogens is 356 g/mol. The van der Waals surface area contributed by atoms with Crippen molar-refractivity contribution in [3.05, 3.63) is 51.7 Å². The Bertz CT molecular complexity index is 798. The standard InChI is InChI=1S/C15H15ClN2O3S2/c16-13-2-1-3-14(10-13)23(20,21)18-7-5-17(6-8-18)15(19)12-4-9-22-11-12/h1-4,9-11H,5-8H2. The lowest BCUT2D eigenvalue weighted by atomic mass is 10.2. The Morgan fingerprint density at radius 1 is 1.13 bits per heavy atom. The average molecular weight is 371 g/mol. The van der Waals surface area contributed by atoms with Crippen molar-refractivity contribution >= 4 is 38.9 Å². The Kier molecular flexibility index (Phi) is 4.72. The van der Waals surface area contributed by atoms with Crippen LogP contribution in [-0.2, 0) is 10.0 Å². The van der Waals surface area contributed by atoms with Crippen molar-refractivity contribution < 1.29 is 13.2 Å². The monoisotopic (exact) mass is 370 g/mol.